The number of rotatable bonds is 2. The van der Waals surface area contributed by atoms with E-state index in [4.69, 9.17) is 0 Å². The zero-order valence-corrected chi connectivity index (χ0v) is 14.4. The number of aromatic nitrogens is 4. The van der Waals surface area contributed by atoms with Crippen molar-refractivity contribution < 1.29 is 9.18 Å². The molecule has 7 heteroatoms. The van der Waals surface area contributed by atoms with E-state index in [9.17, 15) is 9.18 Å². The quantitative estimate of drug-likeness (QED) is 0.742. The maximum Gasteiger partial charge on any atom is 0.275 e. The largest absolute Gasteiger partial charge is 0.340 e. The predicted molar refractivity (Wildman–Crippen MR) is 94.3 cm³/mol. The number of hydrogen-bond acceptors (Lipinski definition) is 3. The Bertz CT molecular complexity index is 991. The highest BCUT2D eigenvalue weighted by molar-refractivity contribution is 5.94. The van der Waals surface area contributed by atoms with E-state index in [-0.39, 0.29) is 17.8 Å². The molecular weight excluding hydrogens is 333 g/mol. The highest BCUT2D eigenvalue weighted by Crippen LogP contribution is 2.34. The molecule has 1 aliphatic heterocycles. The highest BCUT2D eigenvalue weighted by atomic mass is 19.1. The monoisotopic (exact) mass is 353 g/mol. The molecule has 6 nitrogen and oxygen atoms in total. The van der Waals surface area contributed by atoms with Gasteiger partial charge in [0.05, 0.1) is 17.1 Å². The summed E-state index contributed by atoms with van der Waals surface area (Å²) in [6.45, 7) is 0.691. The van der Waals surface area contributed by atoms with Gasteiger partial charge in [-0.05, 0) is 56.7 Å². The third-order valence-electron chi connectivity index (χ3n) is 5.55. The molecule has 2 aromatic heterocycles. The Kier molecular flexibility index (Phi) is 3.55. The van der Waals surface area contributed by atoms with Crippen LogP contribution in [0.25, 0.3) is 11.0 Å². The first-order valence-electron chi connectivity index (χ1n) is 9.23. The molecule has 1 amide bonds. The molecule has 5 rings (SSSR count). The summed E-state index contributed by atoms with van der Waals surface area (Å²) < 4.78 is 13.5. The summed E-state index contributed by atoms with van der Waals surface area (Å²) in [5.41, 5.74) is 4.14. The molecule has 0 radical (unpaired) electrons. The predicted octanol–water partition coefficient (Wildman–Crippen LogP) is 3.28. The van der Waals surface area contributed by atoms with E-state index in [1.165, 1.54) is 12.1 Å². The number of carbonyl (C=O) groups is 1. The number of amides is 1. The van der Waals surface area contributed by atoms with Gasteiger partial charge in [-0.3, -0.25) is 9.89 Å². The summed E-state index contributed by atoms with van der Waals surface area (Å²) in [4.78, 5) is 22.8. The summed E-state index contributed by atoms with van der Waals surface area (Å²) in [6, 6.07) is 4.39. The molecule has 1 atom stereocenters. The maximum absolute atomic E-state index is 13.5. The van der Waals surface area contributed by atoms with Gasteiger partial charge >= 0.3 is 0 Å². The molecule has 0 bridgehead atoms. The number of imidazole rings is 1. The molecule has 2 aliphatic rings. The normalized spacial score (nSPS) is 19.9. The van der Waals surface area contributed by atoms with Crippen LogP contribution >= 0.6 is 0 Å². The number of nitrogens with zero attached hydrogens (tertiary/aromatic N) is 3. The van der Waals surface area contributed by atoms with Gasteiger partial charge in [0.1, 0.15) is 11.6 Å². The Morgan fingerprint density at radius 1 is 1.23 bits per heavy atom. The Hall–Kier alpha value is -2.70. The van der Waals surface area contributed by atoms with Crippen molar-refractivity contribution >= 4 is 16.9 Å². The minimum atomic E-state index is -0.296. The number of fused-ring (bicyclic) bond motifs is 2. The fourth-order valence-electron chi connectivity index (χ4n) is 4.25. The summed E-state index contributed by atoms with van der Waals surface area (Å²) in [5.74, 6) is 0.398. The lowest BCUT2D eigenvalue weighted by molar-refractivity contribution is 0.0723. The van der Waals surface area contributed by atoms with Gasteiger partial charge < -0.3 is 9.88 Å². The number of H-pyrrole nitrogens is 2. The van der Waals surface area contributed by atoms with Crippen LogP contribution in [0, 0.1) is 5.82 Å². The average molecular weight is 353 g/mol. The lowest BCUT2D eigenvalue weighted by Crippen LogP contribution is -2.32. The Balaban J connectivity index is 1.48. The van der Waals surface area contributed by atoms with Crippen molar-refractivity contribution in [3.05, 3.63) is 46.8 Å². The average Bonchev–Trinajstić information content (AvgIpc) is 3.37. The first-order valence-corrected chi connectivity index (χ1v) is 9.23. The molecule has 3 aromatic rings. The van der Waals surface area contributed by atoms with E-state index in [0.717, 1.165) is 61.1 Å². The molecule has 2 N–H and O–H groups in total. The van der Waals surface area contributed by atoms with Crippen molar-refractivity contribution in [3.63, 3.8) is 0 Å². The van der Waals surface area contributed by atoms with Gasteiger partial charge in [0.2, 0.25) is 0 Å². The smallest absolute Gasteiger partial charge is 0.275 e. The second-order valence-electron chi connectivity index (χ2n) is 7.18. The molecule has 26 heavy (non-hydrogen) atoms. The van der Waals surface area contributed by atoms with Crippen LogP contribution in [0.4, 0.5) is 4.39 Å². The van der Waals surface area contributed by atoms with Crippen LogP contribution in [0.15, 0.2) is 18.2 Å². The Labute approximate surface area is 149 Å². The fourth-order valence-corrected chi connectivity index (χ4v) is 4.25. The molecule has 1 fully saturated rings. The summed E-state index contributed by atoms with van der Waals surface area (Å²) in [6.07, 6.45) is 5.90. The van der Waals surface area contributed by atoms with Gasteiger partial charge in [-0.15, -0.1) is 0 Å². The summed E-state index contributed by atoms with van der Waals surface area (Å²) in [5, 5.41) is 7.38. The van der Waals surface area contributed by atoms with Crippen LogP contribution in [-0.2, 0) is 12.8 Å². The molecule has 0 unspecified atom stereocenters. The van der Waals surface area contributed by atoms with Crippen molar-refractivity contribution in [2.24, 2.45) is 0 Å². The standard InChI is InChI=1S/C19H20FN5O/c20-11-7-8-14-15(10-11)22-18(21-14)16-6-3-9-25(16)19(26)17-12-4-1-2-5-13(12)23-24-17/h7-8,10,16H,1-6,9H2,(H,21,22)(H,23,24)/t16-/m0/s1. The van der Waals surface area contributed by atoms with E-state index in [1.807, 2.05) is 4.90 Å². The zero-order chi connectivity index (χ0) is 17.7. The number of benzene rings is 1. The third kappa shape index (κ3) is 2.41. The van der Waals surface area contributed by atoms with Crippen molar-refractivity contribution in [1.82, 2.24) is 25.1 Å². The number of aryl methyl sites for hydroxylation is 1. The highest BCUT2D eigenvalue weighted by Gasteiger charge is 2.35. The van der Waals surface area contributed by atoms with E-state index in [1.54, 1.807) is 6.07 Å². The number of carbonyl (C=O) groups excluding carboxylic acids is 1. The lowest BCUT2D eigenvalue weighted by Gasteiger charge is -2.23. The number of aromatic amines is 2. The van der Waals surface area contributed by atoms with Gasteiger partial charge in [0.15, 0.2) is 5.69 Å². The third-order valence-corrected chi connectivity index (χ3v) is 5.55. The van der Waals surface area contributed by atoms with Crippen molar-refractivity contribution in [2.75, 3.05) is 6.54 Å². The first kappa shape index (κ1) is 15.5. The summed E-state index contributed by atoms with van der Waals surface area (Å²) >= 11 is 0. The van der Waals surface area contributed by atoms with E-state index < -0.39 is 0 Å². The lowest BCUT2D eigenvalue weighted by atomic mass is 9.95. The van der Waals surface area contributed by atoms with Crippen molar-refractivity contribution in [3.8, 4) is 0 Å². The molecular formula is C19H20FN5O. The van der Waals surface area contributed by atoms with Gasteiger partial charge in [-0.25, -0.2) is 9.37 Å². The van der Waals surface area contributed by atoms with Crippen molar-refractivity contribution in [1.29, 1.82) is 0 Å². The Morgan fingerprint density at radius 3 is 3.04 bits per heavy atom. The topological polar surface area (TPSA) is 77.7 Å². The molecule has 0 saturated carbocycles. The van der Waals surface area contributed by atoms with Crippen molar-refractivity contribution in [2.45, 2.75) is 44.6 Å². The van der Waals surface area contributed by atoms with Crippen LogP contribution in [0.1, 0.15) is 59.3 Å². The number of nitrogens with one attached hydrogen (secondary N) is 2. The molecule has 1 aromatic carbocycles. The second kappa shape index (κ2) is 5.93. The molecule has 1 aliphatic carbocycles. The van der Waals surface area contributed by atoms with Crippen LogP contribution in [0.3, 0.4) is 0 Å². The van der Waals surface area contributed by atoms with Gasteiger partial charge in [0.25, 0.3) is 5.91 Å². The van der Waals surface area contributed by atoms with E-state index in [0.29, 0.717) is 17.8 Å². The maximum atomic E-state index is 13.5. The minimum absolute atomic E-state index is 0.0291. The van der Waals surface area contributed by atoms with Gasteiger partial charge in [-0.2, -0.15) is 5.10 Å². The van der Waals surface area contributed by atoms with Crippen LogP contribution < -0.4 is 0 Å². The number of halogens is 1. The summed E-state index contributed by atoms with van der Waals surface area (Å²) in [7, 11) is 0. The van der Waals surface area contributed by atoms with Gasteiger partial charge in [0, 0.05) is 17.8 Å². The Morgan fingerprint density at radius 2 is 2.12 bits per heavy atom. The molecule has 1 saturated heterocycles. The second-order valence-corrected chi connectivity index (χ2v) is 7.18. The molecule has 134 valence electrons. The van der Waals surface area contributed by atoms with Crippen LogP contribution in [0.5, 0.6) is 0 Å². The number of hydrogen-bond donors (Lipinski definition) is 2. The molecule has 3 heterocycles. The zero-order valence-electron chi connectivity index (χ0n) is 14.4. The fraction of sp³-hybridized carbons (Fsp3) is 0.421. The SMILES string of the molecule is O=C(c1n[nH]c2c1CCCC2)N1CCC[C@H]1c1nc2ccc(F)cc2[nH]1. The first-order chi connectivity index (χ1) is 12.7. The van der Waals surface area contributed by atoms with E-state index >= 15 is 0 Å². The van der Waals surface area contributed by atoms with Crippen LogP contribution in [-0.4, -0.2) is 37.5 Å². The minimum Gasteiger partial charge on any atom is -0.340 e. The number of likely N-dealkylation sites (tertiary alicyclic amines) is 1. The van der Waals surface area contributed by atoms with Gasteiger partial charge in [-0.1, -0.05) is 0 Å². The van der Waals surface area contributed by atoms with Crippen LogP contribution in [0.2, 0.25) is 0 Å². The van der Waals surface area contributed by atoms with E-state index in [2.05, 4.69) is 20.2 Å². The molecule has 0 spiro atoms.